The zero-order chi connectivity index (χ0) is 24.9. The Balaban J connectivity index is 1.45. The van der Waals surface area contributed by atoms with E-state index < -0.39 is 17.5 Å². The van der Waals surface area contributed by atoms with Crippen molar-refractivity contribution in [2.24, 2.45) is 0 Å². The monoisotopic (exact) mass is 490 g/mol. The summed E-state index contributed by atoms with van der Waals surface area (Å²) in [7, 11) is 0. The molecule has 0 saturated carbocycles. The molecule has 0 unspecified atom stereocenters. The topological polar surface area (TPSA) is 105 Å². The molecule has 0 radical (unpaired) electrons. The summed E-state index contributed by atoms with van der Waals surface area (Å²) in [5.74, 6) is -0.405. The molecule has 0 amide bonds. The third-order valence-electron chi connectivity index (χ3n) is 5.46. The Kier molecular flexibility index (Phi) is 7.17. The van der Waals surface area contributed by atoms with Gasteiger partial charge < -0.3 is 13.7 Å². The summed E-state index contributed by atoms with van der Waals surface area (Å²) in [6, 6.07) is 18.8. The number of ether oxygens (including phenoxy) is 1. The van der Waals surface area contributed by atoms with Crippen molar-refractivity contribution in [2.75, 3.05) is 6.61 Å². The Morgan fingerprint density at radius 3 is 2.51 bits per heavy atom. The van der Waals surface area contributed by atoms with Crippen LogP contribution in [0.15, 0.2) is 87.2 Å². The van der Waals surface area contributed by atoms with Crippen molar-refractivity contribution in [2.45, 2.75) is 30.2 Å². The Morgan fingerprint density at radius 2 is 1.83 bits per heavy atom. The van der Waals surface area contributed by atoms with Crippen LogP contribution in [0.5, 0.6) is 0 Å². The Bertz CT molecular complexity index is 1380. The maximum atomic E-state index is 12.8. The van der Waals surface area contributed by atoms with Gasteiger partial charge in [-0.25, -0.2) is 4.79 Å². The van der Waals surface area contributed by atoms with E-state index >= 15 is 0 Å². The highest BCUT2D eigenvalue weighted by atomic mass is 32.2. The van der Waals surface area contributed by atoms with Crippen molar-refractivity contribution in [3.05, 3.63) is 111 Å². The molecule has 2 aromatic carbocycles. The molecule has 0 fully saturated rings. The summed E-state index contributed by atoms with van der Waals surface area (Å²) in [6.07, 6.45) is 1.59. The van der Waals surface area contributed by atoms with Crippen molar-refractivity contribution in [1.82, 2.24) is 4.57 Å². The van der Waals surface area contributed by atoms with Gasteiger partial charge in [0, 0.05) is 27.9 Å². The molecular weight excluding hydrogens is 468 g/mol. The first-order valence-electron chi connectivity index (χ1n) is 10.7. The van der Waals surface area contributed by atoms with Crippen LogP contribution in [0, 0.1) is 24.0 Å². The minimum Gasteiger partial charge on any atom is -0.467 e. The zero-order valence-electron chi connectivity index (χ0n) is 19.1. The van der Waals surface area contributed by atoms with Crippen LogP contribution in [0.4, 0.5) is 5.69 Å². The first-order valence-corrected chi connectivity index (χ1v) is 11.6. The van der Waals surface area contributed by atoms with Gasteiger partial charge in [0.25, 0.3) is 5.69 Å². The van der Waals surface area contributed by atoms with Crippen molar-refractivity contribution < 1.29 is 23.7 Å². The number of ketones is 1. The number of carbonyl (C=O) groups is 2. The third-order valence-corrected chi connectivity index (χ3v) is 6.54. The quantitative estimate of drug-likeness (QED) is 0.125. The lowest BCUT2D eigenvalue weighted by Gasteiger charge is -2.08. The molecule has 0 bridgehead atoms. The molecule has 0 spiro atoms. The molecule has 0 aliphatic rings. The average molecular weight is 491 g/mol. The number of furan rings is 1. The van der Waals surface area contributed by atoms with Crippen LogP contribution in [0.3, 0.4) is 0 Å². The molecule has 2 aromatic heterocycles. The molecular formula is C26H22N2O6S. The van der Waals surface area contributed by atoms with Crippen LogP contribution >= 0.6 is 11.8 Å². The number of esters is 1. The number of benzene rings is 2. The molecule has 0 saturated heterocycles. The molecule has 0 aliphatic heterocycles. The van der Waals surface area contributed by atoms with Crippen molar-refractivity contribution in [3.63, 3.8) is 0 Å². The summed E-state index contributed by atoms with van der Waals surface area (Å²) in [5.41, 5.74) is 1.85. The van der Waals surface area contributed by atoms with Crippen LogP contribution in [-0.2, 0) is 11.3 Å². The molecule has 4 aromatic rings. The van der Waals surface area contributed by atoms with E-state index in [1.165, 1.54) is 30.0 Å². The number of rotatable bonds is 9. The number of aryl methyl sites for hydroxylation is 1. The van der Waals surface area contributed by atoms with E-state index in [0.29, 0.717) is 17.0 Å². The van der Waals surface area contributed by atoms with E-state index in [-0.39, 0.29) is 17.0 Å². The number of nitro benzene ring substituents is 1. The number of nitro groups is 1. The van der Waals surface area contributed by atoms with E-state index in [0.717, 1.165) is 22.0 Å². The maximum absolute atomic E-state index is 12.8. The Morgan fingerprint density at radius 1 is 1.06 bits per heavy atom. The van der Waals surface area contributed by atoms with E-state index in [9.17, 15) is 19.7 Å². The standard InChI is InChI=1S/C26H22N2O6S/c1-17-13-22(18(2)27(17)15-20-7-6-12-33-20)24(29)16-34-26(30)19-10-11-25(23(14-19)28(31)32)35-21-8-4-3-5-9-21/h3-14H,15-16H2,1-2H3. The van der Waals surface area contributed by atoms with Gasteiger partial charge in [-0.05, 0) is 56.3 Å². The minimum absolute atomic E-state index is 0.00482. The Hall–Kier alpha value is -4.11. The first kappa shape index (κ1) is 24.0. The largest absolute Gasteiger partial charge is 0.467 e. The van der Waals surface area contributed by atoms with E-state index in [1.807, 2.05) is 54.8 Å². The molecule has 178 valence electrons. The second-order valence-electron chi connectivity index (χ2n) is 7.80. The number of Topliss-reactive ketones (excluding diaryl/α,β-unsaturated/α-hetero) is 1. The fourth-order valence-corrected chi connectivity index (χ4v) is 4.59. The zero-order valence-corrected chi connectivity index (χ0v) is 19.9. The molecule has 35 heavy (non-hydrogen) atoms. The van der Waals surface area contributed by atoms with Crippen molar-refractivity contribution in [3.8, 4) is 0 Å². The normalized spacial score (nSPS) is 10.8. The molecule has 0 N–H and O–H groups in total. The van der Waals surface area contributed by atoms with Gasteiger partial charge >= 0.3 is 5.97 Å². The maximum Gasteiger partial charge on any atom is 0.338 e. The summed E-state index contributed by atoms with van der Waals surface area (Å²) >= 11 is 1.23. The number of hydrogen-bond acceptors (Lipinski definition) is 7. The highest BCUT2D eigenvalue weighted by molar-refractivity contribution is 7.99. The van der Waals surface area contributed by atoms with Crippen LogP contribution in [0.2, 0.25) is 0 Å². The molecule has 8 nitrogen and oxygen atoms in total. The number of aromatic nitrogens is 1. The summed E-state index contributed by atoms with van der Waals surface area (Å²) < 4.78 is 12.5. The predicted molar refractivity (Wildman–Crippen MR) is 130 cm³/mol. The lowest BCUT2D eigenvalue weighted by molar-refractivity contribution is -0.387. The Labute approximate surface area is 205 Å². The minimum atomic E-state index is -0.804. The highest BCUT2D eigenvalue weighted by Crippen LogP contribution is 2.35. The van der Waals surface area contributed by atoms with Gasteiger partial charge in [0.2, 0.25) is 5.78 Å². The molecule has 0 aliphatic carbocycles. The SMILES string of the molecule is Cc1cc(C(=O)COC(=O)c2ccc(Sc3ccccc3)c([N+](=O)[O-])c2)c(C)n1Cc1ccco1. The van der Waals surface area contributed by atoms with E-state index in [2.05, 4.69) is 0 Å². The van der Waals surface area contributed by atoms with Crippen LogP contribution in [-0.4, -0.2) is 27.8 Å². The predicted octanol–water partition coefficient (Wildman–Crippen LogP) is 5.85. The molecule has 4 rings (SSSR count). The van der Waals surface area contributed by atoms with Crippen molar-refractivity contribution in [1.29, 1.82) is 0 Å². The summed E-state index contributed by atoms with van der Waals surface area (Å²) in [5, 5.41) is 11.6. The van der Waals surface area contributed by atoms with Crippen LogP contribution in [0.1, 0.15) is 37.9 Å². The first-order chi connectivity index (χ1) is 16.8. The van der Waals surface area contributed by atoms with Crippen LogP contribution < -0.4 is 0 Å². The van der Waals surface area contributed by atoms with E-state index in [4.69, 9.17) is 9.15 Å². The van der Waals surface area contributed by atoms with E-state index in [1.54, 1.807) is 18.4 Å². The summed E-state index contributed by atoms with van der Waals surface area (Å²) in [6.45, 7) is 3.71. The van der Waals surface area contributed by atoms with Gasteiger partial charge in [0.1, 0.15) is 5.76 Å². The average Bonchev–Trinajstić information content (AvgIpc) is 3.47. The smallest absolute Gasteiger partial charge is 0.338 e. The second kappa shape index (κ2) is 10.4. The number of hydrogen-bond donors (Lipinski definition) is 0. The van der Waals surface area contributed by atoms with Gasteiger partial charge in [0.05, 0.1) is 28.2 Å². The fraction of sp³-hybridized carbons (Fsp3) is 0.154. The lowest BCUT2D eigenvalue weighted by atomic mass is 10.1. The highest BCUT2D eigenvalue weighted by Gasteiger charge is 2.22. The lowest BCUT2D eigenvalue weighted by Crippen LogP contribution is -2.15. The van der Waals surface area contributed by atoms with Gasteiger partial charge in [0.15, 0.2) is 6.61 Å². The van der Waals surface area contributed by atoms with Crippen molar-refractivity contribution >= 4 is 29.2 Å². The summed E-state index contributed by atoms with van der Waals surface area (Å²) in [4.78, 5) is 37.6. The molecule has 0 atom stereocenters. The molecule has 9 heteroatoms. The fourth-order valence-electron chi connectivity index (χ4n) is 3.67. The van der Waals surface area contributed by atoms with Gasteiger partial charge in [-0.15, -0.1) is 0 Å². The van der Waals surface area contributed by atoms with Gasteiger partial charge in [-0.1, -0.05) is 30.0 Å². The number of nitrogens with zero attached hydrogens (tertiary/aromatic N) is 2. The second-order valence-corrected chi connectivity index (χ2v) is 8.92. The number of carbonyl (C=O) groups excluding carboxylic acids is 2. The van der Waals surface area contributed by atoms with Gasteiger partial charge in [-0.2, -0.15) is 0 Å². The van der Waals surface area contributed by atoms with Crippen LogP contribution in [0.25, 0.3) is 0 Å². The molecule has 2 heterocycles. The third kappa shape index (κ3) is 5.52. The van der Waals surface area contributed by atoms with Gasteiger partial charge in [-0.3, -0.25) is 14.9 Å².